The summed E-state index contributed by atoms with van der Waals surface area (Å²) in [4.78, 5) is 1.12. The maximum atomic E-state index is 6.13. The Morgan fingerprint density at radius 1 is 1.57 bits per heavy atom. The highest BCUT2D eigenvalue weighted by Gasteiger charge is 2.36. The first-order valence-corrected chi connectivity index (χ1v) is 5.95. The summed E-state index contributed by atoms with van der Waals surface area (Å²) in [6.07, 6.45) is 2.64. The Morgan fingerprint density at radius 3 is 2.71 bits per heavy atom. The summed E-state index contributed by atoms with van der Waals surface area (Å²) >= 11 is 7.41. The minimum atomic E-state index is -0.0231. The highest BCUT2D eigenvalue weighted by atomic mass is 35.5. The van der Waals surface area contributed by atoms with Crippen molar-refractivity contribution in [3.63, 3.8) is 0 Å². The van der Waals surface area contributed by atoms with Gasteiger partial charge in [-0.2, -0.15) is 0 Å². The van der Waals surface area contributed by atoms with Gasteiger partial charge in [0.05, 0.1) is 16.5 Å². The molecule has 1 aromatic rings. The number of hydrogen-bond donors (Lipinski definition) is 1. The van der Waals surface area contributed by atoms with E-state index in [0.717, 1.165) is 9.21 Å². The van der Waals surface area contributed by atoms with Crippen LogP contribution in [0.15, 0.2) is 12.1 Å². The van der Waals surface area contributed by atoms with Crippen molar-refractivity contribution in [3.8, 4) is 0 Å². The molecule has 4 heteroatoms. The summed E-state index contributed by atoms with van der Waals surface area (Å²) in [5.41, 5.74) is 6.13. The molecule has 1 heterocycles. The lowest BCUT2D eigenvalue weighted by atomic mass is 10.1. The molecule has 0 amide bonds. The Kier molecular flexibility index (Phi) is 3.12. The van der Waals surface area contributed by atoms with E-state index in [4.69, 9.17) is 22.1 Å². The average Bonchev–Trinajstić information content (AvgIpc) is 2.90. The van der Waals surface area contributed by atoms with Crippen LogP contribution in [-0.4, -0.2) is 13.2 Å². The molecule has 0 saturated heterocycles. The highest BCUT2D eigenvalue weighted by molar-refractivity contribution is 7.16. The van der Waals surface area contributed by atoms with Crippen LogP contribution in [0.1, 0.15) is 23.8 Å². The Hall–Kier alpha value is -0.0900. The van der Waals surface area contributed by atoms with Crippen LogP contribution in [0.2, 0.25) is 4.34 Å². The Balaban J connectivity index is 2.08. The summed E-state index contributed by atoms with van der Waals surface area (Å²) in [6, 6.07) is 3.86. The van der Waals surface area contributed by atoms with Crippen molar-refractivity contribution in [3.05, 3.63) is 21.3 Å². The van der Waals surface area contributed by atoms with Crippen molar-refractivity contribution < 1.29 is 4.74 Å². The molecule has 1 saturated carbocycles. The van der Waals surface area contributed by atoms with E-state index in [9.17, 15) is 0 Å². The molecule has 2 N–H and O–H groups in total. The molecule has 2 nitrogen and oxygen atoms in total. The van der Waals surface area contributed by atoms with Crippen LogP contribution in [-0.2, 0) is 4.74 Å². The van der Waals surface area contributed by atoms with Crippen molar-refractivity contribution in [1.29, 1.82) is 0 Å². The Morgan fingerprint density at radius 2 is 2.29 bits per heavy atom. The molecule has 0 spiro atoms. The lowest BCUT2D eigenvalue weighted by molar-refractivity contribution is 0.0633. The van der Waals surface area contributed by atoms with Crippen LogP contribution in [0.5, 0.6) is 0 Å². The molecule has 2 rings (SSSR count). The van der Waals surface area contributed by atoms with Crippen molar-refractivity contribution in [1.82, 2.24) is 0 Å². The number of rotatable bonds is 4. The van der Waals surface area contributed by atoms with E-state index >= 15 is 0 Å². The second kappa shape index (κ2) is 4.19. The Bertz CT molecular complexity index is 311. The molecule has 0 bridgehead atoms. The van der Waals surface area contributed by atoms with E-state index in [-0.39, 0.29) is 12.1 Å². The number of methoxy groups -OCH3 is 1. The smallest absolute Gasteiger partial charge is 0.0931 e. The molecule has 1 aliphatic carbocycles. The third kappa shape index (κ3) is 2.11. The van der Waals surface area contributed by atoms with E-state index in [1.54, 1.807) is 18.4 Å². The normalized spacial score (nSPS) is 20.8. The molecule has 2 unspecified atom stereocenters. The fourth-order valence-electron chi connectivity index (χ4n) is 1.73. The maximum Gasteiger partial charge on any atom is 0.0931 e. The van der Waals surface area contributed by atoms with Gasteiger partial charge in [-0.05, 0) is 30.9 Å². The number of ether oxygens (including phenoxy) is 1. The molecule has 1 fully saturated rings. The van der Waals surface area contributed by atoms with E-state index in [2.05, 4.69) is 0 Å². The standard InChI is InChI=1S/C10H14ClNOS/c1-13-10(6-2-3-6)9(12)7-4-5-8(11)14-7/h4-6,9-10H,2-3,12H2,1H3. The van der Waals surface area contributed by atoms with Gasteiger partial charge in [-0.1, -0.05) is 11.6 Å². The van der Waals surface area contributed by atoms with Crippen LogP contribution in [0.25, 0.3) is 0 Å². The molecule has 1 aliphatic rings. The van der Waals surface area contributed by atoms with E-state index in [1.807, 2.05) is 12.1 Å². The summed E-state index contributed by atoms with van der Waals surface area (Å²) < 4.78 is 6.23. The summed E-state index contributed by atoms with van der Waals surface area (Å²) in [7, 11) is 1.73. The van der Waals surface area contributed by atoms with Gasteiger partial charge in [0.15, 0.2) is 0 Å². The van der Waals surface area contributed by atoms with Crippen molar-refractivity contribution in [2.75, 3.05) is 7.11 Å². The quantitative estimate of drug-likeness (QED) is 0.865. The van der Waals surface area contributed by atoms with E-state index in [1.165, 1.54) is 12.8 Å². The molecular formula is C10H14ClNOS. The summed E-state index contributed by atoms with van der Waals surface area (Å²) in [5.74, 6) is 0.649. The second-order valence-corrected chi connectivity index (χ2v) is 5.45. The van der Waals surface area contributed by atoms with Gasteiger partial charge in [0, 0.05) is 12.0 Å². The molecular weight excluding hydrogens is 218 g/mol. The number of hydrogen-bond acceptors (Lipinski definition) is 3. The van der Waals surface area contributed by atoms with E-state index in [0.29, 0.717) is 5.92 Å². The first-order valence-electron chi connectivity index (χ1n) is 4.76. The molecule has 0 aromatic carbocycles. The molecule has 0 radical (unpaired) electrons. The zero-order chi connectivity index (χ0) is 10.1. The summed E-state index contributed by atoms with van der Waals surface area (Å²) in [5, 5.41) is 0. The van der Waals surface area contributed by atoms with Crippen molar-refractivity contribution in [2.45, 2.75) is 25.0 Å². The zero-order valence-electron chi connectivity index (χ0n) is 8.07. The zero-order valence-corrected chi connectivity index (χ0v) is 9.65. The van der Waals surface area contributed by atoms with Gasteiger partial charge in [0.25, 0.3) is 0 Å². The van der Waals surface area contributed by atoms with Crippen LogP contribution in [0.4, 0.5) is 0 Å². The van der Waals surface area contributed by atoms with Crippen molar-refractivity contribution in [2.24, 2.45) is 11.7 Å². The lowest BCUT2D eigenvalue weighted by Crippen LogP contribution is -2.29. The monoisotopic (exact) mass is 231 g/mol. The lowest BCUT2D eigenvalue weighted by Gasteiger charge is -2.21. The van der Waals surface area contributed by atoms with Gasteiger partial charge in [0.1, 0.15) is 0 Å². The van der Waals surface area contributed by atoms with Crippen LogP contribution in [0, 0.1) is 5.92 Å². The highest BCUT2D eigenvalue weighted by Crippen LogP contribution is 2.40. The van der Waals surface area contributed by atoms with Gasteiger partial charge in [-0.15, -0.1) is 11.3 Å². The minimum Gasteiger partial charge on any atom is -0.379 e. The maximum absolute atomic E-state index is 6.13. The van der Waals surface area contributed by atoms with Gasteiger partial charge >= 0.3 is 0 Å². The average molecular weight is 232 g/mol. The largest absolute Gasteiger partial charge is 0.379 e. The topological polar surface area (TPSA) is 35.2 Å². The van der Waals surface area contributed by atoms with Gasteiger partial charge in [-0.25, -0.2) is 0 Å². The molecule has 1 aromatic heterocycles. The second-order valence-electron chi connectivity index (χ2n) is 3.71. The van der Waals surface area contributed by atoms with E-state index < -0.39 is 0 Å². The number of nitrogens with two attached hydrogens (primary N) is 1. The molecule has 78 valence electrons. The number of halogens is 1. The molecule has 2 atom stereocenters. The third-order valence-corrected chi connectivity index (χ3v) is 3.97. The van der Waals surface area contributed by atoms with Crippen molar-refractivity contribution >= 4 is 22.9 Å². The van der Waals surface area contributed by atoms with Gasteiger partial charge < -0.3 is 10.5 Å². The van der Waals surface area contributed by atoms with Crippen LogP contribution >= 0.6 is 22.9 Å². The fourth-order valence-corrected chi connectivity index (χ4v) is 2.82. The van der Waals surface area contributed by atoms with Gasteiger partial charge in [-0.3, -0.25) is 0 Å². The SMILES string of the molecule is COC(C1CC1)C(N)c1ccc(Cl)s1. The predicted octanol–water partition coefficient (Wildman–Crippen LogP) is 2.83. The predicted molar refractivity (Wildman–Crippen MR) is 59.8 cm³/mol. The minimum absolute atomic E-state index is 0.0231. The fraction of sp³-hybridized carbons (Fsp3) is 0.600. The third-order valence-electron chi connectivity index (χ3n) is 2.64. The summed E-state index contributed by atoms with van der Waals surface area (Å²) in [6.45, 7) is 0. The molecule has 0 aliphatic heterocycles. The number of thiophene rings is 1. The first kappa shape index (κ1) is 10.4. The van der Waals surface area contributed by atoms with Crippen LogP contribution in [0.3, 0.4) is 0 Å². The first-order chi connectivity index (χ1) is 6.72. The van der Waals surface area contributed by atoms with Gasteiger partial charge in [0.2, 0.25) is 0 Å². The Labute approximate surface area is 93.0 Å². The molecule has 14 heavy (non-hydrogen) atoms. The van der Waals surface area contributed by atoms with Crippen LogP contribution < -0.4 is 5.73 Å².